The summed E-state index contributed by atoms with van der Waals surface area (Å²) in [5.74, 6) is 5.02. The Labute approximate surface area is 106 Å². The average Bonchev–Trinajstić information content (AvgIpc) is 2.20. The number of hydrazone groups is 1. The molecule has 1 heterocycles. The molecule has 1 aliphatic heterocycles. The van der Waals surface area contributed by atoms with E-state index in [0.29, 0.717) is 19.7 Å². The van der Waals surface area contributed by atoms with Crippen molar-refractivity contribution < 1.29 is 9.53 Å². The summed E-state index contributed by atoms with van der Waals surface area (Å²) in [6.07, 6.45) is 1.35. The van der Waals surface area contributed by atoms with Crippen molar-refractivity contribution in [3.63, 3.8) is 0 Å². The number of carbonyl (C=O) groups excluding carboxylic acids is 1. The molecule has 1 saturated heterocycles. The minimum Gasteiger partial charge on any atom is -0.450 e. The molecule has 2 N–H and O–H groups in total. The molecule has 0 atom stereocenters. The van der Waals surface area contributed by atoms with Gasteiger partial charge in [0, 0.05) is 26.2 Å². The predicted molar refractivity (Wildman–Crippen MR) is 68.3 cm³/mol. The zero-order chi connectivity index (χ0) is 10.4. The summed E-state index contributed by atoms with van der Waals surface area (Å²) in [5, 5.41) is 3.43. The van der Waals surface area contributed by atoms with Crippen LogP contribution in [0.25, 0.3) is 0 Å². The van der Waals surface area contributed by atoms with Crippen molar-refractivity contribution in [1.82, 2.24) is 9.80 Å². The maximum Gasteiger partial charge on any atom is 0.409 e. The summed E-state index contributed by atoms with van der Waals surface area (Å²) >= 11 is 0. The second kappa shape index (κ2) is 7.55. The normalized spacial score (nSPS) is 16.3. The molecule has 0 radical (unpaired) electrons. The molecule has 0 aromatic rings. The predicted octanol–water partition coefficient (Wildman–Crippen LogP) is 0.281. The second-order valence-corrected chi connectivity index (χ2v) is 2.99. The van der Waals surface area contributed by atoms with Gasteiger partial charge in [0.25, 0.3) is 0 Å². The van der Waals surface area contributed by atoms with E-state index in [9.17, 15) is 4.79 Å². The van der Waals surface area contributed by atoms with Crippen LogP contribution in [0.3, 0.4) is 0 Å². The van der Waals surface area contributed by atoms with E-state index in [4.69, 9.17) is 10.6 Å². The molecule has 0 bridgehead atoms. The Morgan fingerprint density at radius 3 is 2.53 bits per heavy atom. The van der Waals surface area contributed by atoms with Crippen molar-refractivity contribution in [3.8, 4) is 0 Å². The number of hydrogen-bond donors (Lipinski definition) is 1. The molecule has 1 aliphatic rings. The van der Waals surface area contributed by atoms with Crippen molar-refractivity contribution >= 4 is 36.4 Å². The zero-order valence-corrected chi connectivity index (χ0v) is 11.1. The van der Waals surface area contributed by atoms with Gasteiger partial charge in [0.1, 0.15) is 6.34 Å². The highest BCUT2D eigenvalue weighted by molar-refractivity contribution is 14.0. The molecule has 0 spiro atoms. The van der Waals surface area contributed by atoms with E-state index in [-0.39, 0.29) is 30.1 Å². The van der Waals surface area contributed by atoms with Gasteiger partial charge >= 0.3 is 6.09 Å². The maximum atomic E-state index is 11.3. The van der Waals surface area contributed by atoms with Crippen LogP contribution in [0.15, 0.2) is 5.10 Å². The fourth-order valence-electron chi connectivity index (χ4n) is 1.33. The molecule has 0 aromatic heterocycles. The van der Waals surface area contributed by atoms with Gasteiger partial charge in [-0.1, -0.05) is 0 Å². The second-order valence-electron chi connectivity index (χ2n) is 2.99. The smallest absolute Gasteiger partial charge is 0.409 e. The van der Waals surface area contributed by atoms with Gasteiger partial charge in [-0.25, -0.2) is 4.79 Å². The third-order valence-corrected chi connectivity index (χ3v) is 2.07. The highest BCUT2D eigenvalue weighted by Crippen LogP contribution is 2.01. The van der Waals surface area contributed by atoms with E-state index in [0.717, 1.165) is 13.1 Å². The molecule has 1 amide bonds. The standard InChI is InChI=1S/C8H16N4O2.HI/c1-2-14-8(13)12-5-3-11(4-6-12)7-10-9;/h7H,2-6,9H2,1H3;1H. The number of piperazine rings is 1. The first kappa shape index (κ1) is 14.3. The van der Waals surface area contributed by atoms with Gasteiger partial charge in [0.2, 0.25) is 0 Å². The van der Waals surface area contributed by atoms with E-state index in [1.54, 1.807) is 18.2 Å². The topological polar surface area (TPSA) is 71.2 Å². The Morgan fingerprint density at radius 2 is 2.07 bits per heavy atom. The fourth-order valence-corrected chi connectivity index (χ4v) is 1.33. The Kier molecular flexibility index (Phi) is 7.18. The molecule has 0 saturated carbocycles. The monoisotopic (exact) mass is 328 g/mol. The van der Waals surface area contributed by atoms with Gasteiger partial charge in [-0.2, -0.15) is 5.10 Å². The first-order chi connectivity index (χ1) is 6.77. The van der Waals surface area contributed by atoms with Crippen LogP contribution >= 0.6 is 24.0 Å². The summed E-state index contributed by atoms with van der Waals surface area (Å²) in [5.41, 5.74) is 0. The number of halogens is 1. The van der Waals surface area contributed by atoms with Crippen molar-refractivity contribution in [3.05, 3.63) is 0 Å². The lowest BCUT2D eigenvalue weighted by Crippen LogP contribution is -2.48. The van der Waals surface area contributed by atoms with Crippen LogP contribution in [0.2, 0.25) is 0 Å². The lowest BCUT2D eigenvalue weighted by atomic mass is 10.3. The zero-order valence-electron chi connectivity index (χ0n) is 8.76. The first-order valence-corrected chi connectivity index (χ1v) is 4.67. The molecule has 15 heavy (non-hydrogen) atoms. The Morgan fingerprint density at radius 1 is 1.47 bits per heavy atom. The largest absolute Gasteiger partial charge is 0.450 e. The molecule has 0 aliphatic carbocycles. The van der Waals surface area contributed by atoms with E-state index < -0.39 is 0 Å². The quantitative estimate of drug-likeness (QED) is 0.260. The molecule has 7 heteroatoms. The summed E-state index contributed by atoms with van der Waals surface area (Å²) < 4.78 is 4.89. The Bertz CT molecular complexity index is 217. The van der Waals surface area contributed by atoms with Gasteiger partial charge < -0.3 is 20.4 Å². The lowest BCUT2D eigenvalue weighted by Gasteiger charge is -2.32. The van der Waals surface area contributed by atoms with Gasteiger partial charge in [-0.05, 0) is 6.92 Å². The summed E-state index contributed by atoms with van der Waals surface area (Å²) in [7, 11) is 0. The minimum absolute atomic E-state index is 0. The van der Waals surface area contributed by atoms with Crippen LogP contribution < -0.4 is 5.84 Å². The number of rotatable bonds is 2. The van der Waals surface area contributed by atoms with Gasteiger partial charge in [-0.3, -0.25) is 0 Å². The van der Waals surface area contributed by atoms with Gasteiger partial charge in [0.15, 0.2) is 0 Å². The Balaban J connectivity index is 0.00000196. The number of nitrogens with zero attached hydrogens (tertiary/aromatic N) is 3. The molecule has 0 unspecified atom stereocenters. The van der Waals surface area contributed by atoms with Gasteiger partial charge in [0.05, 0.1) is 6.61 Å². The summed E-state index contributed by atoms with van der Waals surface area (Å²) in [6.45, 7) is 5.03. The number of hydrogen-bond acceptors (Lipinski definition) is 4. The summed E-state index contributed by atoms with van der Waals surface area (Å²) in [6, 6.07) is 0. The highest BCUT2D eigenvalue weighted by atomic mass is 127. The first-order valence-electron chi connectivity index (χ1n) is 4.67. The molecule has 6 nitrogen and oxygen atoms in total. The number of nitrogens with two attached hydrogens (primary N) is 1. The molecule has 1 fully saturated rings. The average molecular weight is 328 g/mol. The SMILES string of the molecule is CCOC(=O)N1CCN(C=NN)CC1.I. The molecular formula is C8H17IN4O2. The van der Waals surface area contributed by atoms with E-state index in [1.807, 2.05) is 4.90 Å². The van der Waals surface area contributed by atoms with E-state index in [2.05, 4.69) is 5.10 Å². The fraction of sp³-hybridized carbons (Fsp3) is 0.750. The highest BCUT2D eigenvalue weighted by Gasteiger charge is 2.20. The van der Waals surface area contributed by atoms with Crippen molar-refractivity contribution in [1.29, 1.82) is 0 Å². The molecule has 0 aromatic carbocycles. The van der Waals surface area contributed by atoms with E-state index >= 15 is 0 Å². The van der Waals surface area contributed by atoms with Crippen LogP contribution in [0.5, 0.6) is 0 Å². The van der Waals surface area contributed by atoms with Crippen LogP contribution in [0, 0.1) is 0 Å². The van der Waals surface area contributed by atoms with Crippen LogP contribution in [-0.4, -0.2) is 55.0 Å². The molecule has 88 valence electrons. The van der Waals surface area contributed by atoms with E-state index in [1.165, 1.54) is 0 Å². The molecule has 1 rings (SSSR count). The van der Waals surface area contributed by atoms with Gasteiger partial charge in [-0.15, -0.1) is 24.0 Å². The number of amides is 1. The third-order valence-electron chi connectivity index (χ3n) is 2.07. The van der Waals surface area contributed by atoms with Crippen LogP contribution in [0.4, 0.5) is 4.79 Å². The summed E-state index contributed by atoms with van der Waals surface area (Å²) in [4.78, 5) is 14.9. The third kappa shape index (κ3) is 4.54. The maximum absolute atomic E-state index is 11.3. The van der Waals surface area contributed by atoms with Crippen molar-refractivity contribution in [2.24, 2.45) is 10.9 Å². The number of ether oxygens (including phenoxy) is 1. The van der Waals surface area contributed by atoms with Crippen LogP contribution in [0.1, 0.15) is 6.92 Å². The van der Waals surface area contributed by atoms with Crippen LogP contribution in [-0.2, 0) is 4.74 Å². The number of carbonyl (C=O) groups is 1. The minimum atomic E-state index is -0.239. The Hall–Kier alpha value is -0.730. The lowest BCUT2D eigenvalue weighted by molar-refractivity contribution is 0.0926. The van der Waals surface area contributed by atoms with Crippen molar-refractivity contribution in [2.75, 3.05) is 32.8 Å². The van der Waals surface area contributed by atoms with Crippen molar-refractivity contribution in [2.45, 2.75) is 6.92 Å². The molecular weight excluding hydrogens is 311 g/mol.